The van der Waals surface area contributed by atoms with Gasteiger partial charge in [-0.15, -0.1) is 0 Å². The van der Waals surface area contributed by atoms with Gasteiger partial charge in [-0.3, -0.25) is 0 Å². The molecule has 110 valence electrons. The number of carbonyl (C=O) groups is 1. The van der Waals surface area contributed by atoms with Crippen LogP contribution in [0.4, 0.5) is 0 Å². The van der Waals surface area contributed by atoms with Gasteiger partial charge >= 0.3 is 5.97 Å². The van der Waals surface area contributed by atoms with Crippen molar-refractivity contribution in [3.63, 3.8) is 0 Å². The lowest BCUT2D eigenvalue weighted by atomic mass is 9.76. The van der Waals surface area contributed by atoms with Gasteiger partial charge in [0.2, 0.25) is 0 Å². The van der Waals surface area contributed by atoms with Crippen LogP contribution in [0.5, 0.6) is 0 Å². The fraction of sp³-hybridized carbons (Fsp3) is 0.706. The van der Waals surface area contributed by atoms with Crippen LogP contribution in [0, 0.1) is 29.6 Å². The molecule has 6 unspecified atom stereocenters. The highest BCUT2D eigenvalue weighted by atomic mass is 16.6. The molecule has 0 aromatic carbocycles. The molecule has 0 aromatic heterocycles. The molecule has 0 heterocycles. The van der Waals surface area contributed by atoms with Gasteiger partial charge in [0.15, 0.2) is 0 Å². The molecule has 0 N–H and O–H groups in total. The van der Waals surface area contributed by atoms with Crippen molar-refractivity contribution < 1.29 is 14.3 Å². The molecule has 0 saturated heterocycles. The van der Waals surface area contributed by atoms with Crippen molar-refractivity contribution >= 4 is 5.97 Å². The normalized spacial score (nSPS) is 40.9. The highest BCUT2D eigenvalue weighted by Gasteiger charge is 2.54. The molecule has 0 aliphatic heterocycles. The molecule has 3 nitrogen and oxygen atoms in total. The summed E-state index contributed by atoms with van der Waals surface area (Å²) in [7, 11) is 0. The fourth-order valence-electron chi connectivity index (χ4n) is 4.52. The molecule has 0 radical (unpaired) electrons. The number of hydrogen-bond acceptors (Lipinski definition) is 3. The Kier molecular flexibility index (Phi) is 3.72. The third-order valence-electron chi connectivity index (χ3n) is 5.31. The molecule has 2 fully saturated rings. The van der Waals surface area contributed by atoms with Gasteiger partial charge in [-0.05, 0) is 49.4 Å². The molecular formula is C17H24O3. The van der Waals surface area contributed by atoms with Crippen LogP contribution in [0.1, 0.15) is 26.7 Å². The molecular weight excluding hydrogens is 252 g/mol. The van der Waals surface area contributed by atoms with E-state index in [0.717, 1.165) is 23.7 Å². The smallest absolute Gasteiger partial charge is 0.333 e. The summed E-state index contributed by atoms with van der Waals surface area (Å²) < 4.78 is 11.0. The van der Waals surface area contributed by atoms with E-state index in [0.29, 0.717) is 30.8 Å². The molecule has 6 atom stereocenters. The first kappa shape index (κ1) is 13.9. The van der Waals surface area contributed by atoms with Gasteiger partial charge in [-0.1, -0.05) is 25.7 Å². The Hall–Kier alpha value is -1.09. The number of rotatable bonds is 5. The molecule has 3 aliphatic carbocycles. The van der Waals surface area contributed by atoms with E-state index in [4.69, 9.17) is 9.47 Å². The molecule has 0 amide bonds. The standard InChI is InChI=1S/C17H24O3/c1-10(2)17(18)20-7-6-19-15-9-12-8-14(15)13-5-4-11(3)16(12)13/h4-5,11-16H,1,6-9H2,2-3H3. The van der Waals surface area contributed by atoms with Crippen molar-refractivity contribution in [3.05, 3.63) is 24.3 Å². The summed E-state index contributed by atoms with van der Waals surface area (Å²) in [5.74, 6) is 3.52. The monoisotopic (exact) mass is 276 g/mol. The predicted octanol–water partition coefficient (Wildman–Crippen LogP) is 2.97. The summed E-state index contributed by atoms with van der Waals surface area (Å²) in [4.78, 5) is 11.3. The van der Waals surface area contributed by atoms with E-state index in [1.807, 2.05) is 0 Å². The average molecular weight is 276 g/mol. The Morgan fingerprint density at radius 2 is 2.10 bits per heavy atom. The summed E-state index contributed by atoms with van der Waals surface area (Å²) in [5.41, 5.74) is 0.442. The van der Waals surface area contributed by atoms with Crippen LogP contribution < -0.4 is 0 Å². The van der Waals surface area contributed by atoms with E-state index in [-0.39, 0.29) is 5.97 Å². The summed E-state index contributed by atoms with van der Waals surface area (Å²) >= 11 is 0. The second-order valence-electron chi connectivity index (χ2n) is 6.62. The van der Waals surface area contributed by atoms with Crippen molar-refractivity contribution in [2.24, 2.45) is 29.6 Å². The van der Waals surface area contributed by atoms with Crippen LogP contribution in [0.15, 0.2) is 24.3 Å². The summed E-state index contributed by atoms with van der Waals surface area (Å²) in [6, 6.07) is 0. The number of carbonyl (C=O) groups excluding carboxylic acids is 1. The zero-order valence-electron chi connectivity index (χ0n) is 12.4. The summed E-state index contributed by atoms with van der Waals surface area (Å²) in [6.45, 7) is 8.40. The Labute approximate surface area is 121 Å². The lowest BCUT2D eigenvalue weighted by Crippen LogP contribution is -2.33. The third-order valence-corrected chi connectivity index (χ3v) is 5.31. The van der Waals surface area contributed by atoms with Crippen LogP contribution >= 0.6 is 0 Å². The van der Waals surface area contributed by atoms with E-state index >= 15 is 0 Å². The van der Waals surface area contributed by atoms with Gasteiger partial charge in [-0.25, -0.2) is 4.79 Å². The predicted molar refractivity (Wildman–Crippen MR) is 77.0 cm³/mol. The highest BCUT2D eigenvalue weighted by molar-refractivity contribution is 5.86. The number of hydrogen-bond donors (Lipinski definition) is 0. The fourth-order valence-corrected chi connectivity index (χ4v) is 4.52. The minimum atomic E-state index is -0.325. The van der Waals surface area contributed by atoms with Crippen LogP contribution in [0.25, 0.3) is 0 Å². The molecule has 20 heavy (non-hydrogen) atoms. The van der Waals surface area contributed by atoms with Gasteiger partial charge < -0.3 is 9.47 Å². The summed E-state index contributed by atoms with van der Waals surface area (Å²) in [6.07, 6.45) is 7.66. The number of esters is 1. The Morgan fingerprint density at radius 1 is 1.30 bits per heavy atom. The van der Waals surface area contributed by atoms with Crippen LogP contribution in [0.3, 0.4) is 0 Å². The topological polar surface area (TPSA) is 35.5 Å². The largest absolute Gasteiger partial charge is 0.460 e. The second-order valence-corrected chi connectivity index (χ2v) is 6.62. The Bertz CT molecular complexity index is 440. The van der Waals surface area contributed by atoms with E-state index in [1.54, 1.807) is 6.92 Å². The minimum absolute atomic E-state index is 0.325. The van der Waals surface area contributed by atoms with Crippen molar-refractivity contribution in [2.45, 2.75) is 32.8 Å². The van der Waals surface area contributed by atoms with E-state index in [1.165, 1.54) is 12.8 Å². The van der Waals surface area contributed by atoms with Crippen LogP contribution in [0.2, 0.25) is 0 Å². The lowest BCUT2D eigenvalue weighted by molar-refractivity contribution is -0.141. The summed E-state index contributed by atoms with van der Waals surface area (Å²) in [5, 5.41) is 0. The van der Waals surface area contributed by atoms with Crippen molar-refractivity contribution in [1.29, 1.82) is 0 Å². The zero-order chi connectivity index (χ0) is 14.3. The van der Waals surface area contributed by atoms with Crippen LogP contribution in [-0.4, -0.2) is 25.3 Å². The Morgan fingerprint density at radius 3 is 2.85 bits per heavy atom. The van der Waals surface area contributed by atoms with Gasteiger partial charge in [-0.2, -0.15) is 0 Å². The maximum absolute atomic E-state index is 11.3. The van der Waals surface area contributed by atoms with Gasteiger partial charge in [0.05, 0.1) is 12.7 Å². The SMILES string of the molecule is C=C(C)C(=O)OCCOC1CC2CC1C1C=CC(C)C21. The highest BCUT2D eigenvalue weighted by Crippen LogP contribution is 2.58. The van der Waals surface area contributed by atoms with Gasteiger partial charge in [0, 0.05) is 5.57 Å². The average Bonchev–Trinajstić information content (AvgIpc) is 3.07. The molecule has 2 bridgehead atoms. The van der Waals surface area contributed by atoms with Crippen molar-refractivity contribution in [2.75, 3.05) is 13.2 Å². The quantitative estimate of drug-likeness (QED) is 0.335. The molecule has 3 aliphatic rings. The van der Waals surface area contributed by atoms with E-state index < -0.39 is 0 Å². The second kappa shape index (κ2) is 5.36. The van der Waals surface area contributed by atoms with Crippen molar-refractivity contribution in [1.82, 2.24) is 0 Å². The Balaban J connectivity index is 1.44. The first-order valence-electron chi connectivity index (χ1n) is 7.70. The van der Waals surface area contributed by atoms with E-state index in [2.05, 4.69) is 25.7 Å². The minimum Gasteiger partial charge on any atom is -0.460 e. The number of fused-ring (bicyclic) bond motifs is 5. The number of ether oxygens (including phenoxy) is 2. The molecule has 2 saturated carbocycles. The first-order chi connectivity index (χ1) is 9.58. The lowest BCUT2D eigenvalue weighted by Gasteiger charge is -2.33. The molecule has 3 heteroatoms. The first-order valence-corrected chi connectivity index (χ1v) is 7.70. The molecule has 0 aromatic rings. The third kappa shape index (κ3) is 2.32. The van der Waals surface area contributed by atoms with E-state index in [9.17, 15) is 4.79 Å². The maximum atomic E-state index is 11.3. The van der Waals surface area contributed by atoms with Crippen molar-refractivity contribution in [3.8, 4) is 0 Å². The molecule has 3 rings (SSSR count). The van der Waals surface area contributed by atoms with Crippen LogP contribution in [-0.2, 0) is 14.3 Å². The maximum Gasteiger partial charge on any atom is 0.333 e. The van der Waals surface area contributed by atoms with Gasteiger partial charge in [0.1, 0.15) is 6.61 Å². The number of allylic oxidation sites excluding steroid dienone is 2. The molecule has 0 spiro atoms. The van der Waals surface area contributed by atoms with Gasteiger partial charge in [0.25, 0.3) is 0 Å². The zero-order valence-corrected chi connectivity index (χ0v) is 12.4.